The Balaban J connectivity index is 1.78. The zero-order valence-corrected chi connectivity index (χ0v) is 12.6. The van der Waals surface area contributed by atoms with Gasteiger partial charge in [-0.1, -0.05) is 24.3 Å². The minimum absolute atomic E-state index is 0.0698. The molecule has 0 atom stereocenters. The fraction of sp³-hybridized carbons (Fsp3) is 0. The first-order chi connectivity index (χ1) is 11.2. The Hall–Kier alpha value is -3.20. The van der Waals surface area contributed by atoms with Crippen LogP contribution in [0, 0.1) is 0 Å². The number of hydrogen-bond acceptors (Lipinski definition) is 7. The fourth-order valence-electron chi connectivity index (χ4n) is 1.83. The molecule has 0 radical (unpaired) electrons. The number of nitrogens with one attached hydrogen (secondary N) is 2. The maximum Gasteiger partial charge on any atom is 0.301 e. The maximum atomic E-state index is 12.2. The summed E-state index contributed by atoms with van der Waals surface area (Å²) >= 11 is 1.36. The molecular formula is C14H12N6O2S. The SMILES string of the molecule is Nn1c(NNC(=O)c2ccccc2)nnc(-c2cccs2)c1=O. The zero-order valence-electron chi connectivity index (χ0n) is 11.8. The molecule has 8 nitrogen and oxygen atoms in total. The Labute approximate surface area is 134 Å². The lowest BCUT2D eigenvalue weighted by Crippen LogP contribution is -2.38. The molecule has 3 rings (SSSR count). The van der Waals surface area contributed by atoms with Crippen LogP contribution in [0.1, 0.15) is 10.4 Å². The van der Waals surface area contributed by atoms with Gasteiger partial charge in [0.15, 0.2) is 5.69 Å². The number of carbonyl (C=O) groups is 1. The van der Waals surface area contributed by atoms with Gasteiger partial charge >= 0.3 is 5.56 Å². The molecule has 0 bridgehead atoms. The van der Waals surface area contributed by atoms with Crippen molar-refractivity contribution in [3.8, 4) is 10.6 Å². The van der Waals surface area contributed by atoms with Gasteiger partial charge in [-0.15, -0.1) is 21.5 Å². The Morgan fingerprint density at radius 1 is 1.13 bits per heavy atom. The van der Waals surface area contributed by atoms with Gasteiger partial charge in [0.2, 0.25) is 0 Å². The van der Waals surface area contributed by atoms with E-state index in [1.165, 1.54) is 11.3 Å². The lowest BCUT2D eigenvalue weighted by molar-refractivity contribution is 0.0962. The number of rotatable bonds is 4. The normalized spacial score (nSPS) is 10.3. The van der Waals surface area contributed by atoms with E-state index in [0.717, 1.165) is 4.68 Å². The van der Waals surface area contributed by atoms with Crippen LogP contribution in [0.25, 0.3) is 10.6 Å². The van der Waals surface area contributed by atoms with Crippen molar-refractivity contribution in [2.75, 3.05) is 11.3 Å². The smallest absolute Gasteiger partial charge is 0.301 e. The Morgan fingerprint density at radius 3 is 2.61 bits per heavy atom. The number of thiophene rings is 1. The van der Waals surface area contributed by atoms with E-state index in [4.69, 9.17) is 5.84 Å². The van der Waals surface area contributed by atoms with Gasteiger partial charge in [-0.25, -0.2) is 0 Å². The summed E-state index contributed by atoms with van der Waals surface area (Å²) in [6, 6.07) is 12.1. The van der Waals surface area contributed by atoms with Crippen LogP contribution in [-0.2, 0) is 0 Å². The number of nitrogens with two attached hydrogens (primary N) is 1. The molecule has 0 spiro atoms. The van der Waals surface area contributed by atoms with E-state index >= 15 is 0 Å². The Bertz CT molecular complexity index is 876. The summed E-state index contributed by atoms with van der Waals surface area (Å²) in [7, 11) is 0. The predicted molar refractivity (Wildman–Crippen MR) is 87.3 cm³/mol. The molecule has 0 aliphatic rings. The van der Waals surface area contributed by atoms with Crippen LogP contribution in [0.3, 0.4) is 0 Å². The molecule has 0 aliphatic heterocycles. The quantitative estimate of drug-likeness (QED) is 0.483. The average molecular weight is 328 g/mol. The summed E-state index contributed by atoms with van der Waals surface area (Å²) in [5.41, 5.74) is 4.99. The highest BCUT2D eigenvalue weighted by molar-refractivity contribution is 7.13. The van der Waals surface area contributed by atoms with Crippen LogP contribution >= 0.6 is 11.3 Å². The summed E-state index contributed by atoms with van der Waals surface area (Å²) in [4.78, 5) is 24.8. The highest BCUT2D eigenvalue weighted by Crippen LogP contribution is 2.18. The molecule has 0 fully saturated rings. The van der Waals surface area contributed by atoms with E-state index < -0.39 is 5.56 Å². The monoisotopic (exact) mass is 328 g/mol. The first-order valence-electron chi connectivity index (χ1n) is 6.57. The number of aromatic nitrogens is 3. The number of anilines is 1. The molecule has 3 aromatic rings. The lowest BCUT2D eigenvalue weighted by atomic mass is 10.2. The van der Waals surface area contributed by atoms with Gasteiger partial charge in [0.1, 0.15) is 0 Å². The van der Waals surface area contributed by atoms with Crippen molar-refractivity contribution in [2.45, 2.75) is 0 Å². The molecule has 2 heterocycles. The van der Waals surface area contributed by atoms with E-state index in [2.05, 4.69) is 21.0 Å². The van der Waals surface area contributed by atoms with Gasteiger partial charge < -0.3 is 5.84 Å². The molecule has 0 aliphatic carbocycles. The van der Waals surface area contributed by atoms with Crippen molar-refractivity contribution >= 4 is 23.2 Å². The number of hydrogen-bond donors (Lipinski definition) is 3. The minimum Gasteiger partial charge on any atom is -0.333 e. The van der Waals surface area contributed by atoms with Crippen LogP contribution in [0.5, 0.6) is 0 Å². The second kappa shape index (κ2) is 6.28. The van der Waals surface area contributed by atoms with Gasteiger partial charge in [-0.3, -0.25) is 20.4 Å². The van der Waals surface area contributed by atoms with Gasteiger partial charge in [0, 0.05) is 5.56 Å². The first-order valence-corrected chi connectivity index (χ1v) is 7.45. The second-order valence-corrected chi connectivity index (χ2v) is 5.42. The number of benzene rings is 1. The van der Waals surface area contributed by atoms with Crippen LogP contribution in [0.2, 0.25) is 0 Å². The van der Waals surface area contributed by atoms with E-state index in [9.17, 15) is 9.59 Å². The van der Waals surface area contributed by atoms with E-state index in [1.807, 2.05) is 5.38 Å². The lowest BCUT2D eigenvalue weighted by Gasteiger charge is -2.10. The van der Waals surface area contributed by atoms with Crippen LogP contribution in [-0.4, -0.2) is 20.8 Å². The summed E-state index contributed by atoms with van der Waals surface area (Å²) in [5, 5.41) is 9.52. The highest BCUT2D eigenvalue weighted by Gasteiger charge is 2.13. The van der Waals surface area contributed by atoms with Crippen LogP contribution in [0.4, 0.5) is 5.95 Å². The molecule has 0 saturated heterocycles. The molecule has 2 aromatic heterocycles. The summed E-state index contributed by atoms with van der Waals surface area (Å²) in [6.45, 7) is 0. The second-order valence-electron chi connectivity index (χ2n) is 4.47. The molecule has 23 heavy (non-hydrogen) atoms. The number of hydrazine groups is 1. The molecule has 9 heteroatoms. The summed E-state index contributed by atoms with van der Waals surface area (Å²) in [5.74, 6) is 5.25. The largest absolute Gasteiger partial charge is 0.333 e. The van der Waals surface area contributed by atoms with Crippen molar-refractivity contribution in [2.24, 2.45) is 0 Å². The first kappa shape index (κ1) is 14.7. The number of nitrogen functional groups attached to an aromatic ring is 1. The summed E-state index contributed by atoms with van der Waals surface area (Å²) in [6.07, 6.45) is 0. The Kier molecular flexibility index (Phi) is 4.02. The van der Waals surface area contributed by atoms with Crippen molar-refractivity contribution in [1.82, 2.24) is 20.3 Å². The van der Waals surface area contributed by atoms with Gasteiger partial charge in [-0.2, -0.15) is 4.68 Å². The summed E-state index contributed by atoms with van der Waals surface area (Å²) < 4.78 is 0.799. The third-order valence-electron chi connectivity index (χ3n) is 2.97. The standard InChI is InChI=1S/C14H12N6O2S/c15-20-13(22)11(10-7-4-8-23-10)16-18-14(20)19-17-12(21)9-5-2-1-3-6-9/h1-8H,15H2,(H,17,21)(H,18,19). The van der Waals surface area contributed by atoms with Crippen molar-refractivity contribution in [1.29, 1.82) is 0 Å². The topological polar surface area (TPSA) is 115 Å². The average Bonchev–Trinajstić information content (AvgIpc) is 3.11. The zero-order chi connectivity index (χ0) is 16.2. The molecule has 4 N–H and O–H groups in total. The maximum absolute atomic E-state index is 12.2. The highest BCUT2D eigenvalue weighted by atomic mass is 32.1. The van der Waals surface area contributed by atoms with Crippen LogP contribution < -0.4 is 22.3 Å². The Morgan fingerprint density at radius 2 is 1.91 bits per heavy atom. The van der Waals surface area contributed by atoms with Crippen molar-refractivity contribution in [3.05, 3.63) is 63.8 Å². The van der Waals surface area contributed by atoms with Crippen molar-refractivity contribution in [3.63, 3.8) is 0 Å². The molecule has 0 saturated carbocycles. The third-order valence-corrected chi connectivity index (χ3v) is 3.85. The number of amides is 1. The molecule has 0 unspecified atom stereocenters. The van der Waals surface area contributed by atoms with Gasteiger partial charge in [0.05, 0.1) is 4.88 Å². The van der Waals surface area contributed by atoms with Crippen LogP contribution in [0.15, 0.2) is 52.6 Å². The molecule has 116 valence electrons. The third kappa shape index (κ3) is 3.04. The predicted octanol–water partition coefficient (Wildman–Crippen LogP) is 0.837. The molecular weight excluding hydrogens is 316 g/mol. The molecule has 1 aromatic carbocycles. The minimum atomic E-state index is -0.515. The van der Waals surface area contributed by atoms with Gasteiger partial charge in [-0.05, 0) is 23.6 Å². The van der Waals surface area contributed by atoms with Crippen molar-refractivity contribution < 1.29 is 4.79 Å². The fourth-order valence-corrected chi connectivity index (χ4v) is 2.53. The van der Waals surface area contributed by atoms with E-state index in [-0.39, 0.29) is 17.5 Å². The van der Waals surface area contributed by atoms with Gasteiger partial charge in [0.25, 0.3) is 11.9 Å². The van der Waals surface area contributed by atoms with E-state index in [1.54, 1.807) is 42.5 Å². The number of carbonyl (C=O) groups excluding carboxylic acids is 1. The molecule has 1 amide bonds. The number of nitrogens with zero attached hydrogens (tertiary/aromatic N) is 3. The van der Waals surface area contributed by atoms with E-state index in [0.29, 0.717) is 10.4 Å².